The van der Waals surface area contributed by atoms with Gasteiger partial charge in [0.15, 0.2) is 5.96 Å². The van der Waals surface area contributed by atoms with Crippen LogP contribution in [0.5, 0.6) is 0 Å². The third-order valence-electron chi connectivity index (χ3n) is 6.89. The van der Waals surface area contributed by atoms with Gasteiger partial charge in [-0.15, -0.1) is 11.8 Å². The largest absolute Gasteiger partial charge is 0.492 e. The number of carbonyl (C=O) groups excluding carboxylic acids is 7. The van der Waals surface area contributed by atoms with Crippen LogP contribution in [0.3, 0.4) is 0 Å². The van der Waals surface area contributed by atoms with E-state index in [1.165, 1.54) is 0 Å². The lowest BCUT2D eigenvalue weighted by atomic mass is 10.1. The van der Waals surface area contributed by atoms with Gasteiger partial charge in [-0.05, 0) is 19.3 Å². The number of carbonyl (C=O) groups is 9. The molecule has 0 bridgehead atoms. The van der Waals surface area contributed by atoms with E-state index in [-0.39, 0.29) is 63.7 Å². The fraction of sp³-hybridized carbons (Fsp3) is 0.615. The number of nitrogens with one attached hydrogen (secondary N) is 5. The van der Waals surface area contributed by atoms with Gasteiger partial charge in [-0.25, -0.2) is 9.59 Å². The number of amides is 8. The van der Waals surface area contributed by atoms with Crippen molar-refractivity contribution in [1.82, 2.24) is 31.5 Å². The van der Waals surface area contributed by atoms with E-state index in [2.05, 4.69) is 20.9 Å². The third kappa shape index (κ3) is 18.3. The highest BCUT2D eigenvalue weighted by molar-refractivity contribution is 8.00. The molecule has 24 nitrogen and oxygen atoms in total. The van der Waals surface area contributed by atoms with Gasteiger partial charge in [0, 0.05) is 44.3 Å². The lowest BCUT2D eigenvalue weighted by Gasteiger charge is -2.21. The number of hydrogen-bond donors (Lipinski definition) is 13. The van der Waals surface area contributed by atoms with Gasteiger partial charge in [0.25, 0.3) is 0 Å². The molecule has 26 heteroatoms. The molecule has 1 heterocycles. The number of imide groups is 1. The first-order valence-corrected chi connectivity index (χ1v) is 18.6. The molecule has 0 aromatic carbocycles. The van der Waals surface area contributed by atoms with Crippen LogP contribution in [0.4, 0.5) is 4.79 Å². The Kier molecular flexibility index (Phi) is 19.0. The number of hydrogen-bond acceptors (Lipinski definition) is 14. The SMILES string of the molecule is NC(=O)[C@H](CCCN=C(N)N)NC(=O)CNC(=O)[C@H](CC(=O)O)NC(=O)NC(CSC1CC(=O)N(CCC(=O)NCCC[Si](O)(O)O)C1=O)C(=O)O. The second kappa shape index (κ2) is 22.0. The molecule has 1 aliphatic rings. The zero-order valence-corrected chi connectivity index (χ0v) is 29.6. The number of aliphatic carboxylic acids is 2. The highest BCUT2D eigenvalue weighted by Gasteiger charge is 2.40. The molecule has 292 valence electrons. The van der Waals surface area contributed by atoms with E-state index in [9.17, 15) is 53.4 Å². The molecule has 8 amide bonds. The number of primary amides is 1. The minimum atomic E-state index is -4.25. The van der Waals surface area contributed by atoms with Gasteiger partial charge in [-0.2, -0.15) is 0 Å². The number of urea groups is 1. The maximum atomic E-state index is 12.8. The molecule has 4 atom stereocenters. The molecular formula is C26H44N10O14SSi. The fourth-order valence-electron chi connectivity index (χ4n) is 4.33. The second-order valence-electron chi connectivity index (χ2n) is 11.2. The standard InChI is InChI=1S/C26H44N10O14SSi/c27-21(42)13(3-1-5-31-25(28)29)33-18(38)11-32-22(43)14(9-20(40)41)34-26(47)35-15(24(45)46)12-51-16-10-19(39)36(23(16)44)7-4-17(37)30-6-2-8-52(48,49)50/h13-16,48-50H,1-12H2,(H2,27,42)(H,30,37)(H,32,43)(H,33,38)(H,40,41)(H,45,46)(H4,28,29,31)(H2,34,35,47)/t13-,14-,15?,16?/m0/s1. The van der Waals surface area contributed by atoms with Crippen molar-refractivity contribution < 1.29 is 67.8 Å². The molecule has 16 N–H and O–H groups in total. The Labute approximate surface area is 301 Å². The lowest BCUT2D eigenvalue weighted by Crippen LogP contribution is -2.55. The number of likely N-dealkylation sites (tertiary alicyclic amines) is 1. The number of rotatable bonds is 24. The molecule has 2 unspecified atom stereocenters. The summed E-state index contributed by atoms with van der Waals surface area (Å²) in [5.41, 5.74) is 15.7. The van der Waals surface area contributed by atoms with Crippen LogP contribution >= 0.6 is 11.8 Å². The summed E-state index contributed by atoms with van der Waals surface area (Å²) in [4.78, 5) is 141. The van der Waals surface area contributed by atoms with E-state index in [0.29, 0.717) is 0 Å². The predicted molar refractivity (Wildman–Crippen MR) is 180 cm³/mol. The quantitative estimate of drug-likeness (QED) is 0.0142. The van der Waals surface area contributed by atoms with Crippen LogP contribution in [-0.4, -0.2) is 153 Å². The lowest BCUT2D eigenvalue weighted by molar-refractivity contribution is -0.140. The number of nitrogens with zero attached hydrogens (tertiary/aromatic N) is 2. The monoisotopic (exact) mass is 780 g/mol. The fourth-order valence-corrected chi connectivity index (χ4v) is 6.16. The number of carboxylic acids is 2. The first kappa shape index (κ1) is 45.0. The Hall–Kier alpha value is -5.05. The first-order valence-electron chi connectivity index (χ1n) is 15.5. The van der Waals surface area contributed by atoms with E-state index in [0.717, 1.165) is 16.7 Å². The van der Waals surface area contributed by atoms with E-state index in [1.54, 1.807) is 0 Å². The smallest absolute Gasteiger partial charge is 0.481 e. The molecule has 0 saturated carbocycles. The number of guanidine groups is 1. The Balaban J connectivity index is 2.67. The number of nitrogens with two attached hydrogens (primary N) is 3. The summed E-state index contributed by atoms with van der Waals surface area (Å²) in [5.74, 6) is -8.56. The Morgan fingerprint density at radius 3 is 2.13 bits per heavy atom. The summed E-state index contributed by atoms with van der Waals surface area (Å²) in [5, 5.41) is 28.6. The Bertz CT molecular complexity index is 1380. The maximum absolute atomic E-state index is 12.8. The molecular weight excluding hydrogens is 736 g/mol. The predicted octanol–water partition coefficient (Wildman–Crippen LogP) is -6.61. The van der Waals surface area contributed by atoms with Crippen molar-refractivity contribution in [2.75, 3.05) is 31.9 Å². The molecule has 1 rings (SSSR count). The van der Waals surface area contributed by atoms with Crippen LogP contribution in [-0.2, 0) is 38.4 Å². The number of thioether (sulfide) groups is 1. The van der Waals surface area contributed by atoms with Crippen LogP contribution in [0.2, 0.25) is 6.04 Å². The van der Waals surface area contributed by atoms with E-state index >= 15 is 0 Å². The van der Waals surface area contributed by atoms with Crippen molar-refractivity contribution in [3.8, 4) is 0 Å². The molecule has 1 fully saturated rings. The van der Waals surface area contributed by atoms with Crippen LogP contribution in [0, 0.1) is 0 Å². The summed E-state index contributed by atoms with van der Waals surface area (Å²) in [6, 6.07) is -6.23. The highest BCUT2D eigenvalue weighted by atomic mass is 32.2. The normalized spacial score (nSPS) is 15.8. The maximum Gasteiger partial charge on any atom is 0.492 e. The summed E-state index contributed by atoms with van der Waals surface area (Å²) >= 11 is 0.721. The molecule has 52 heavy (non-hydrogen) atoms. The summed E-state index contributed by atoms with van der Waals surface area (Å²) in [6.45, 7) is -0.902. The zero-order chi connectivity index (χ0) is 39.6. The number of carboxylic acid groups (broad SMARTS) is 2. The van der Waals surface area contributed by atoms with Crippen LogP contribution in [0.1, 0.15) is 38.5 Å². The van der Waals surface area contributed by atoms with Crippen molar-refractivity contribution in [3.05, 3.63) is 0 Å². The van der Waals surface area contributed by atoms with Crippen molar-refractivity contribution in [2.45, 2.75) is 67.9 Å². The first-order chi connectivity index (χ1) is 24.2. The average Bonchev–Trinajstić information content (AvgIpc) is 3.30. The summed E-state index contributed by atoms with van der Waals surface area (Å²) < 4.78 is 0. The van der Waals surface area contributed by atoms with Gasteiger partial charge in [0.05, 0.1) is 18.2 Å². The van der Waals surface area contributed by atoms with E-state index in [1.807, 2.05) is 10.6 Å². The second-order valence-corrected chi connectivity index (χ2v) is 14.5. The minimum absolute atomic E-state index is 0.00881. The molecule has 0 aromatic rings. The minimum Gasteiger partial charge on any atom is -0.481 e. The van der Waals surface area contributed by atoms with Crippen molar-refractivity contribution in [3.63, 3.8) is 0 Å². The van der Waals surface area contributed by atoms with Crippen molar-refractivity contribution in [1.29, 1.82) is 0 Å². The van der Waals surface area contributed by atoms with Gasteiger partial charge in [0.2, 0.25) is 35.4 Å². The Morgan fingerprint density at radius 2 is 1.56 bits per heavy atom. The summed E-state index contributed by atoms with van der Waals surface area (Å²) in [7, 11) is -4.25. The Morgan fingerprint density at radius 1 is 0.904 bits per heavy atom. The molecule has 1 aliphatic heterocycles. The number of aliphatic imine (C=N–C) groups is 1. The van der Waals surface area contributed by atoms with Gasteiger partial charge >= 0.3 is 26.8 Å². The van der Waals surface area contributed by atoms with Gasteiger partial charge in [-0.3, -0.25) is 43.5 Å². The van der Waals surface area contributed by atoms with Crippen LogP contribution < -0.4 is 43.8 Å². The van der Waals surface area contributed by atoms with Gasteiger partial charge < -0.3 is 68.4 Å². The van der Waals surface area contributed by atoms with Gasteiger partial charge in [0.1, 0.15) is 18.1 Å². The van der Waals surface area contributed by atoms with Crippen LogP contribution in [0.15, 0.2) is 4.99 Å². The highest BCUT2D eigenvalue weighted by Crippen LogP contribution is 2.26. The topological polar surface area (TPSA) is 409 Å². The molecule has 0 radical (unpaired) electrons. The van der Waals surface area contributed by atoms with E-state index < -0.39 is 104 Å². The molecule has 0 aromatic heterocycles. The van der Waals surface area contributed by atoms with Crippen LogP contribution in [0.25, 0.3) is 0 Å². The third-order valence-corrected chi connectivity index (χ3v) is 9.21. The average molecular weight is 781 g/mol. The molecule has 1 saturated heterocycles. The van der Waals surface area contributed by atoms with Crippen molar-refractivity contribution in [2.24, 2.45) is 22.2 Å². The molecule has 0 aliphatic carbocycles. The van der Waals surface area contributed by atoms with Gasteiger partial charge in [-0.1, -0.05) is 0 Å². The zero-order valence-electron chi connectivity index (χ0n) is 27.7. The summed E-state index contributed by atoms with van der Waals surface area (Å²) in [6.07, 6.45) is -1.19. The molecule has 0 spiro atoms. The van der Waals surface area contributed by atoms with Crippen molar-refractivity contribution >= 4 is 79.9 Å². The van der Waals surface area contributed by atoms with E-state index in [4.69, 9.17) is 31.6 Å².